The van der Waals surface area contributed by atoms with Crippen molar-refractivity contribution in [3.05, 3.63) is 29.3 Å². The van der Waals surface area contributed by atoms with E-state index in [1.54, 1.807) is 24.3 Å². The number of imide groups is 1. The normalized spacial score (nSPS) is 17.8. The van der Waals surface area contributed by atoms with Crippen LogP contribution < -0.4 is 16.0 Å². The lowest BCUT2D eigenvalue weighted by Crippen LogP contribution is -2.30. The van der Waals surface area contributed by atoms with Crippen LogP contribution in [-0.4, -0.2) is 23.9 Å². The fraction of sp³-hybridized carbons (Fsp3) is 0.250. The van der Waals surface area contributed by atoms with E-state index in [4.69, 9.17) is 11.6 Å². The smallest absolute Gasteiger partial charge is 0.322 e. The molecule has 1 aromatic carbocycles. The average molecular weight is 282 g/mol. The zero-order valence-electron chi connectivity index (χ0n) is 9.90. The quantitative estimate of drug-likeness (QED) is 0.726. The van der Waals surface area contributed by atoms with Gasteiger partial charge in [-0.15, -0.1) is 0 Å². The highest BCUT2D eigenvalue weighted by Gasteiger charge is 2.29. The number of urea groups is 1. The molecule has 0 unspecified atom stereocenters. The Morgan fingerprint density at radius 1 is 1.26 bits per heavy atom. The van der Waals surface area contributed by atoms with E-state index < -0.39 is 18.0 Å². The van der Waals surface area contributed by atoms with Gasteiger partial charge in [-0.1, -0.05) is 11.6 Å². The minimum absolute atomic E-state index is 0.140. The number of carbonyl (C=O) groups excluding carboxylic acids is 3. The first-order chi connectivity index (χ1) is 9.04. The van der Waals surface area contributed by atoms with Gasteiger partial charge < -0.3 is 10.6 Å². The molecule has 1 atom stereocenters. The van der Waals surface area contributed by atoms with Crippen molar-refractivity contribution >= 4 is 35.1 Å². The Morgan fingerprint density at radius 2 is 1.95 bits per heavy atom. The number of halogens is 1. The minimum atomic E-state index is -0.636. The molecule has 0 spiro atoms. The number of hydrogen-bond donors (Lipinski definition) is 3. The molecule has 0 saturated carbocycles. The fourth-order valence-electron chi connectivity index (χ4n) is 1.69. The average Bonchev–Trinajstić information content (AvgIpc) is 2.68. The van der Waals surface area contributed by atoms with Gasteiger partial charge in [-0.3, -0.25) is 14.9 Å². The van der Waals surface area contributed by atoms with Crippen molar-refractivity contribution in [1.29, 1.82) is 0 Å². The van der Waals surface area contributed by atoms with Crippen LogP contribution in [0.25, 0.3) is 0 Å². The zero-order chi connectivity index (χ0) is 13.8. The molecule has 19 heavy (non-hydrogen) atoms. The van der Waals surface area contributed by atoms with Crippen molar-refractivity contribution in [2.45, 2.75) is 18.9 Å². The van der Waals surface area contributed by atoms with Crippen LogP contribution in [0.4, 0.5) is 10.5 Å². The van der Waals surface area contributed by atoms with Crippen molar-refractivity contribution in [3.8, 4) is 0 Å². The van der Waals surface area contributed by atoms with Gasteiger partial charge in [0.1, 0.15) is 6.04 Å². The molecular weight excluding hydrogens is 270 g/mol. The SMILES string of the molecule is O=C(CC[C@H]1NC(=O)NC1=O)Nc1ccc(Cl)cc1. The number of carbonyl (C=O) groups is 3. The second-order valence-corrected chi connectivity index (χ2v) is 4.55. The number of anilines is 1. The van der Waals surface area contributed by atoms with E-state index in [0.717, 1.165) is 0 Å². The molecule has 100 valence electrons. The monoisotopic (exact) mass is 281 g/mol. The summed E-state index contributed by atoms with van der Waals surface area (Å²) in [5.41, 5.74) is 0.634. The summed E-state index contributed by atoms with van der Waals surface area (Å²) in [7, 11) is 0. The van der Waals surface area contributed by atoms with Crippen LogP contribution in [0.5, 0.6) is 0 Å². The molecule has 0 radical (unpaired) electrons. The Bertz CT molecular complexity index is 515. The first-order valence-electron chi connectivity index (χ1n) is 5.71. The summed E-state index contributed by atoms with van der Waals surface area (Å²) in [6, 6.07) is 5.55. The predicted octanol–water partition coefficient (Wildman–Crippen LogP) is 1.27. The highest BCUT2D eigenvalue weighted by atomic mass is 35.5. The number of amides is 4. The van der Waals surface area contributed by atoms with Gasteiger partial charge in [-0.05, 0) is 30.7 Å². The Morgan fingerprint density at radius 3 is 2.53 bits per heavy atom. The molecule has 1 fully saturated rings. The van der Waals surface area contributed by atoms with Gasteiger partial charge in [-0.25, -0.2) is 4.79 Å². The van der Waals surface area contributed by atoms with E-state index in [0.29, 0.717) is 10.7 Å². The molecule has 2 rings (SSSR count). The van der Waals surface area contributed by atoms with Gasteiger partial charge in [0.15, 0.2) is 0 Å². The van der Waals surface area contributed by atoms with Gasteiger partial charge in [0, 0.05) is 17.1 Å². The van der Waals surface area contributed by atoms with Crippen LogP contribution in [0.3, 0.4) is 0 Å². The summed E-state index contributed by atoms with van der Waals surface area (Å²) >= 11 is 5.73. The largest absolute Gasteiger partial charge is 0.326 e. The number of rotatable bonds is 4. The highest BCUT2D eigenvalue weighted by molar-refractivity contribution is 6.30. The lowest BCUT2D eigenvalue weighted by Gasteiger charge is -2.08. The Kier molecular flexibility index (Phi) is 4.01. The van der Waals surface area contributed by atoms with Crippen molar-refractivity contribution in [1.82, 2.24) is 10.6 Å². The molecule has 3 N–H and O–H groups in total. The number of nitrogens with one attached hydrogen (secondary N) is 3. The Labute approximate surface area is 114 Å². The van der Waals surface area contributed by atoms with Gasteiger partial charge in [0.2, 0.25) is 5.91 Å². The van der Waals surface area contributed by atoms with Crippen molar-refractivity contribution < 1.29 is 14.4 Å². The van der Waals surface area contributed by atoms with E-state index in [-0.39, 0.29) is 18.7 Å². The second kappa shape index (κ2) is 5.71. The summed E-state index contributed by atoms with van der Waals surface area (Å²) in [5, 5.41) is 7.81. The van der Waals surface area contributed by atoms with E-state index in [9.17, 15) is 14.4 Å². The van der Waals surface area contributed by atoms with E-state index in [2.05, 4.69) is 16.0 Å². The molecule has 1 saturated heterocycles. The third-order valence-corrected chi connectivity index (χ3v) is 2.90. The molecule has 0 aliphatic carbocycles. The molecule has 1 heterocycles. The van der Waals surface area contributed by atoms with Crippen molar-refractivity contribution in [2.75, 3.05) is 5.32 Å². The van der Waals surface area contributed by atoms with Gasteiger partial charge in [0.25, 0.3) is 5.91 Å². The van der Waals surface area contributed by atoms with Crippen LogP contribution in [0, 0.1) is 0 Å². The lowest BCUT2D eigenvalue weighted by molar-refractivity contribution is -0.120. The molecule has 4 amide bonds. The van der Waals surface area contributed by atoms with Gasteiger partial charge in [0.05, 0.1) is 0 Å². The van der Waals surface area contributed by atoms with Crippen LogP contribution in [0.15, 0.2) is 24.3 Å². The Hall–Kier alpha value is -2.08. The fourth-order valence-corrected chi connectivity index (χ4v) is 1.82. The highest BCUT2D eigenvalue weighted by Crippen LogP contribution is 2.14. The first kappa shape index (κ1) is 13.4. The Balaban J connectivity index is 1.80. The summed E-state index contributed by atoms with van der Waals surface area (Å²) in [4.78, 5) is 33.8. The minimum Gasteiger partial charge on any atom is -0.326 e. The molecular formula is C12H12ClN3O3. The molecule has 1 aliphatic heterocycles. The van der Waals surface area contributed by atoms with Gasteiger partial charge in [-0.2, -0.15) is 0 Å². The summed E-state index contributed by atoms with van der Waals surface area (Å²) < 4.78 is 0. The third kappa shape index (κ3) is 3.69. The molecule has 6 nitrogen and oxygen atoms in total. The van der Waals surface area contributed by atoms with Crippen LogP contribution in [0.2, 0.25) is 5.02 Å². The van der Waals surface area contributed by atoms with Crippen LogP contribution in [-0.2, 0) is 9.59 Å². The van der Waals surface area contributed by atoms with Crippen LogP contribution in [0.1, 0.15) is 12.8 Å². The molecule has 0 aromatic heterocycles. The number of benzene rings is 1. The predicted molar refractivity (Wildman–Crippen MR) is 69.8 cm³/mol. The van der Waals surface area contributed by atoms with E-state index in [1.165, 1.54) is 0 Å². The van der Waals surface area contributed by atoms with Crippen molar-refractivity contribution in [2.24, 2.45) is 0 Å². The standard InChI is InChI=1S/C12H12ClN3O3/c13-7-1-3-8(4-2-7)14-10(17)6-5-9-11(18)16-12(19)15-9/h1-4,9H,5-6H2,(H,14,17)(H2,15,16,18,19)/t9-/m1/s1. The second-order valence-electron chi connectivity index (χ2n) is 4.11. The van der Waals surface area contributed by atoms with Crippen LogP contribution >= 0.6 is 11.6 Å². The lowest BCUT2D eigenvalue weighted by atomic mass is 10.1. The van der Waals surface area contributed by atoms with Crippen molar-refractivity contribution in [3.63, 3.8) is 0 Å². The van der Waals surface area contributed by atoms with Gasteiger partial charge >= 0.3 is 6.03 Å². The van der Waals surface area contributed by atoms with E-state index >= 15 is 0 Å². The third-order valence-electron chi connectivity index (χ3n) is 2.65. The molecule has 7 heteroatoms. The summed E-state index contributed by atoms with van der Waals surface area (Å²) in [5.74, 6) is -0.624. The molecule has 1 aliphatic rings. The first-order valence-corrected chi connectivity index (χ1v) is 6.09. The number of hydrogen-bond acceptors (Lipinski definition) is 3. The topological polar surface area (TPSA) is 87.3 Å². The molecule has 0 bridgehead atoms. The maximum Gasteiger partial charge on any atom is 0.322 e. The maximum atomic E-state index is 11.7. The zero-order valence-corrected chi connectivity index (χ0v) is 10.7. The summed E-state index contributed by atoms with van der Waals surface area (Å²) in [6.45, 7) is 0. The molecule has 1 aromatic rings. The summed E-state index contributed by atoms with van der Waals surface area (Å²) in [6.07, 6.45) is 0.401. The maximum absolute atomic E-state index is 11.7. The van der Waals surface area contributed by atoms with E-state index in [1.807, 2.05) is 0 Å².